The Morgan fingerprint density at radius 3 is 2.64 bits per heavy atom. The summed E-state index contributed by atoms with van der Waals surface area (Å²) in [5.74, 6) is -0.327. The molecule has 0 aliphatic heterocycles. The van der Waals surface area contributed by atoms with Crippen LogP contribution in [-0.4, -0.2) is 37.1 Å². The maximum Gasteiger partial charge on any atom is 0.269 e. The second-order valence-electron chi connectivity index (χ2n) is 5.87. The van der Waals surface area contributed by atoms with Gasteiger partial charge in [0.1, 0.15) is 5.69 Å². The van der Waals surface area contributed by atoms with Crippen molar-refractivity contribution in [3.8, 4) is 0 Å². The lowest BCUT2D eigenvalue weighted by Crippen LogP contribution is -2.28. The third-order valence-corrected chi connectivity index (χ3v) is 3.68. The Labute approximate surface area is 147 Å². The predicted octanol–water partition coefficient (Wildman–Crippen LogP) is 2.83. The van der Waals surface area contributed by atoms with Crippen LogP contribution < -0.4 is 10.6 Å². The number of carbonyl (C=O) groups excluding carboxylic acids is 2. The molecule has 0 radical (unpaired) electrons. The summed E-state index contributed by atoms with van der Waals surface area (Å²) >= 11 is 0. The molecule has 0 aliphatic rings. The summed E-state index contributed by atoms with van der Waals surface area (Å²) in [6.07, 6.45) is 1.45. The first-order valence-electron chi connectivity index (χ1n) is 8.16. The smallest absolute Gasteiger partial charge is 0.269 e. The highest BCUT2D eigenvalue weighted by Gasteiger charge is 2.14. The van der Waals surface area contributed by atoms with Gasteiger partial charge in [0.15, 0.2) is 0 Å². The third kappa shape index (κ3) is 5.12. The first kappa shape index (κ1) is 18.6. The average Bonchev–Trinajstić information content (AvgIpc) is 2.62. The number of hydrogen-bond donors (Lipinski definition) is 2. The van der Waals surface area contributed by atoms with Gasteiger partial charge in [0.25, 0.3) is 11.8 Å². The number of amides is 2. The molecule has 6 heteroatoms. The minimum Gasteiger partial charge on any atom is -0.383 e. The highest BCUT2D eigenvalue weighted by molar-refractivity contribution is 6.06. The summed E-state index contributed by atoms with van der Waals surface area (Å²) in [5.41, 5.74) is 2.40. The third-order valence-electron chi connectivity index (χ3n) is 3.68. The van der Waals surface area contributed by atoms with Crippen molar-refractivity contribution in [3.05, 3.63) is 59.4 Å². The van der Waals surface area contributed by atoms with Crippen LogP contribution in [0, 0.1) is 0 Å². The quantitative estimate of drug-likeness (QED) is 0.759. The molecular formula is C19H23N3O3. The van der Waals surface area contributed by atoms with Crippen LogP contribution >= 0.6 is 0 Å². The van der Waals surface area contributed by atoms with E-state index in [1.807, 2.05) is 24.3 Å². The van der Waals surface area contributed by atoms with Crippen LogP contribution in [0.4, 0.5) is 5.69 Å². The van der Waals surface area contributed by atoms with Crippen LogP contribution in [0.25, 0.3) is 0 Å². The minimum atomic E-state index is -0.339. The molecule has 0 saturated heterocycles. The Bertz CT molecular complexity index is 744. The summed E-state index contributed by atoms with van der Waals surface area (Å²) in [6.45, 7) is 4.94. The number of ether oxygens (including phenoxy) is 1. The standard InChI is InChI=1S/C19H23N3O3/c1-13(2)15-6-4-5-7-16(15)22-18(23)14-8-9-20-17(12-14)19(24)21-10-11-25-3/h4-9,12-13H,10-11H2,1-3H3,(H,21,24)(H,22,23). The van der Waals surface area contributed by atoms with Crippen LogP contribution in [-0.2, 0) is 4.74 Å². The van der Waals surface area contributed by atoms with Gasteiger partial charge in [-0.25, -0.2) is 0 Å². The van der Waals surface area contributed by atoms with Gasteiger partial charge in [-0.1, -0.05) is 32.0 Å². The number of rotatable bonds is 7. The van der Waals surface area contributed by atoms with Crippen LogP contribution in [0.5, 0.6) is 0 Å². The molecule has 1 aromatic carbocycles. The van der Waals surface area contributed by atoms with Crippen molar-refractivity contribution in [3.63, 3.8) is 0 Å². The molecule has 2 N–H and O–H groups in total. The van der Waals surface area contributed by atoms with E-state index in [-0.39, 0.29) is 23.4 Å². The molecule has 6 nitrogen and oxygen atoms in total. The van der Waals surface area contributed by atoms with Crippen molar-refractivity contribution in [2.45, 2.75) is 19.8 Å². The van der Waals surface area contributed by atoms with E-state index in [2.05, 4.69) is 29.5 Å². The average molecular weight is 341 g/mol. The fraction of sp³-hybridized carbons (Fsp3) is 0.316. The highest BCUT2D eigenvalue weighted by Crippen LogP contribution is 2.24. The SMILES string of the molecule is COCCNC(=O)c1cc(C(=O)Nc2ccccc2C(C)C)ccn1. The van der Waals surface area contributed by atoms with Crippen molar-refractivity contribution in [1.29, 1.82) is 0 Å². The zero-order chi connectivity index (χ0) is 18.2. The summed E-state index contributed by atoms with van der Waals surface area (Å²) in [5, 5.41) is 5.59. The van der Waals surface area contributed by atoms with Crippen molar-refractivity contribution in [2.75, 3.05) is 25.6 Å². The van der Waals surface area contributed by atoms with Gasteiger partial charge in [-0.3, -0.25) is 14.6 Å². The molecule has 0 fully saturated rings. The number of methoxy groups -OCH3 is 1. The number of aromatic nitrogens is 1. The van der Waals surface area contributed by atoms with E-state index in [0.717, 1.165) is 11.3 Å². The van der Waals surface area contributed by atoms with Crippen molar-refractivity contribution in [2.24, 2.45) is 0 Å². The maximum atomic E-state index is 12.5. The van der Waals surface area contributed by atoms with Crippen LogP contribution in [0.15, 0.2) is 42.6 Å². The van der Waals surface area contributed by atoms with Gasteiger partial charge in [0, 0.05) is 31.1 Å². The predicted molar refractivity (Wildman–Crippen MR) is 96.9 cm³/mol. The Morgan fingerprint density at radius 1 is 1.16 bits per heavy atom. The monoisotopic (exact) mass is 341 g/mol. The molecular weight excluding hydrogens is 318 g/mol. The molecule has 2 amide bonds. The van der Waals surface area contributed by atoms with Gasteiger partial charge in [-0.15, -0.1) is 0 Å². The fourth-order valence-corrected chi connectivity index (χ4v) is 2.36. The molecule has 2 aromatic rings. The van der Waals surface area contributed by atoms with E-state index < -0.39 is 0 Å². The number of anilines is 1. The number of hydrogen-bond acceptors (Lipinski definition) is 4. The van der Waals surface area contributed by atoms with Gasteiger partial charge in [0.2, 0.25) is 0 Å². The maximum absolute atomic E-state index is 12.5. The van der Waals surface area contributed by atoms with Crippen molar-refractivity contribution in [1.82, 2.24) is 10.3 Å². The lowest BCUT2D eigenvalue weighted by atomic mass is 10.0. The molecule has 1 aromatic heterocycles. The van der Waals surface area contributed by atoms with E-state index in [4.69, 9.17) is 4.74 Å². The number of nitrogens with one attached hydrogen (secondary N) is 2. The van der Waals surface area contributed by atoms with E-state index >= 15 is 0 Å². The number of pyridine rings is 1. The minimum absolute atomic E-state index is 0.195. The number of benzene rings is 1. The van der Waals surface area contributed by atoms with E-state index in [9.17, 15) is 9.59 Å². The molecule has 0 spiro atoms. The summed E-state index contributed by atoms with van der Waals surface area (Å²) in [6, 6.07) is 10.7. The molecule has 0 bridgehead atoms. The van der Waals surface area contributed by atoms with Crippen LogP contribution in [0.2, 0.25) is 0 Å². The summed E-state index contributed by atoms with van der Waals surface area (Å²) in [4.78, 5) is 28.6. The van der Waals surface area contributed by atoms with Gasteiger partial charge >= 0.3 is 0 Å². The van der Waals surface area contributed by atoms with Gasteiger partial charge in [0.05, 0.1) is 6.61 Å². The molecule has 25 heavy (non-hydrogen) atoms. The topological polar surface area (TPSA) is 80.3 Å². The molecule has 0 atom stereocenters. The molecule has 0 unspecified atom stereocenters. The Hall–Kier alpha value is -2.73. The largest absolute Gasteiger partial charge is 0.383 e. The first-order chi connectivity index (χ1) is 12.0. The number of carbonyl (C=O) groups is 2. The van der Waals surface area contributed by atoms with E-state index in [1.54, 1.807) is 13.2 Å². The van der Waals surface area contributed by atoms with E-state index in [0.29, 0.717) is 18.7 Å². The molecule has 2 rings (SSSR count). The zero-order valence-corrected chi connectivity index (χ0v) is 14.7. The molecule has 132 valence electrons. The lowest BCUT2D eigenvalue weighted by Gasteiger charge is -2.13. The Balaban J connectivity index is 2.13. The highest BCUT2D eigenvalue weighted by atomic mass is 16.5. The van der Waals surface area contributed by atoms with Gasteiger partial charge in [-0.2, -0.15) is 0 Å². The molecule has 1 heterocycles. The van der Waals surface area contributed by atoms with Crippen LogP contribution in [0.1, 0.15) is 46.2 Å². The van der Waals surface area contributed by atoms with Crippen molar-refractivity contribution < 1.29 is 14.3 Å². The normalized spacial score (nSPS) is 10.6. The Kier molecular flexibility index (Phi) is 6.65. The Morgan fingerprint density at radius 2 is 1.92 bits per heavy atom. The summed E-state index contributed by atoms with van der Waals surface area (Å²) < 4.78 is 4.89. The molecule has 0 saturated carbocycles. The van der Waals surface area contributed by atoms with Crippen LogP contribution in [0.3, 0.4) is 0 Å². The first-order valence-corrected chi connectivity index (χ1v) is 8.16. The second kappa shape index (κ2) is 8.94. The number of nitrogens with zero attached hydrogens (tertiary/aromatic N) is 1. The lowest BCUT2D eigenvalue weighted by molar-refractivity contribution is 0.0932. The van der Waals surface area contributed by atoms with E-state index in [1.165, 1.54) is 12.3 Å². The zero-order valence-electron chi connectivity index (χ0n) is 14.7. The summed E-state index contributed by atoms with van der Waals surface area (Å²) in [7, 11) is 1.56. The molecule has 0 aliphatic carbocycles. The second-order valence-corrected chi connectivity index (χ2v) is 5.87. The van der Waals surface area contributed by atoms with Crippen molar-refractivity contribution >= 4 is 17.5 Å². The van der Waals surface area contributed by atoms with Gasteiger partial charge in [-0.05, 0) is 29.7 Å². The van der Waals surface area contributed by atoms with Gasteiger partial charge < -0.3 is 15.4 Å². The number of para-hydroxylation sites is 1. The fourth-order valence-electron chi connectivity index (χ4n) is 2.36.